The van der Waals surface area contributed by atoms with E-state index in [0.717, 1.165) is 0 Å². The third-order valence-electron chi connectivity index (χ3n) is 2.63. The molecule has 2 rings (SSSR count). The molecule has 0 radical (unpaired) electrons. The van der Waals surface area contributed by atoms with Crippen LogP contribution in [0, 0.1) is 0 Å². The van der Waals surface area contributed by atoms with Gasteiger partial charge in [0.1, 0.15) is 5.75 Å². The van der Waals surface area contributed by atoms with E-state index in [1.807, 2.05) is 0 Å². The lowest BCUT2D eigenvalue weighted by Gasteiger charge is -2.07. The van der Waals surface area contributed by atoms with Gasteiger partial charge in [0.2, 0.25) is 0 Å². The summed E-state index contributed by atoms with van der Waals surface area (Å²) in [5.41, 5.74) is 3.38. The van der Waals surface area contributed by atoms with E-state index in [4.69, 9.17) is 0 Å². The number of carboxylic acid groups (broad SMARTS) is 1. The van der Waals surface area contributed by atoms with Crippen molar-refractivity contribution >= 4 is 17.9 Å². The maximum Gasteiger partial charge on any atom is 0.387 e. The second-order valence-electron chi connectivity index (χ2n) is 4.15. The summed E-state index contributed by atoms with van der Waals surface area (Å²) in [5.74, 6) is -1.31. The van der Waals surface area contributed by atoms with Crippen molar-refractivity contribution in [3.8, 4) is 5.75 Å². The van der Waals surface area contributed by atoms with Gasteiger partial charge in [-0.3, -0.25) is 5.43 Å². The van der Waals surface area contributed by atoms with Gasteiger partial charge >= 0.3 is 6.61 Å². The molecule has 2 aromatic carbocycles. The zero-order chi connectivity index (χ0) is 15.9. The number of carbonyl (C=O) groups excluding carboxylic acids is 1. The molecule has 1 N–H and O–H groups in total. The molecular formula is C15H11F2N2O3-. The number of halogens is 2. The van der Waals surface area contributed by atoms with Crippen molar-refractivity contribution in [3.05, 3.63) is 59.7 Å². The normalized spacial score (nSPS) is 10.9. The molecule has 0 aliphatic carbocycles. The SMILES string of the molecule is O=C([O-])c1cccc(N/N=C\c2ccccc2OC(F)F)c1. The smallest absolute Gasteiger partial charge is 0.387 e. The van der Waals surface area contributed by atoms with Gasteiger partial charge in [-0.15, -0.1) is 0 Å². The first-order valence-corrected chi connectivity index (χ1v) is 6.20. The second kappa shape index (κ2) is 7.16. The number of alkyl halides is 2. The molecule has 0 bridgehead atoms. The third-order valence-corrected chi connectivity index (χ3v) is 2.63. The van der Waals surface area contributed by atoms with Gasteiger partial charge < -0.3 is 14.6 Å². The highest BCUT2D eigenvalue weighted by Crippen LogP contribution is 2.18. The summed E-state index contributed by atoms with van der Waals surface area (Å²) >= 11 is 0. The van der Waals surface area contributed by atoms with E-state index in [9.17, 15) is 18.7 Å². The lowest BCUT2D eigenvalue weighted by atomic mass is 10.2. The van der Waals surface area contributed by atoms with Crippen LogP contribution in [0.5, 0.6) is 5.75 Å². The molecule has 22 heavy (non-hydrogen) atoms. The summed E-state index contributed by atoms with van der Waals surface area (Å²) in [5, 5.41) is 14.6. The van der Waals surface area contributed by atoms with Crippen LogP contribution in [-0.4, -0.2) is 18.8 Å². The van der Waals surface area contributed by atoms with E-state index in [-0.39, 0.29) is 11.3 Å². The van der Waals surface area contributed by atoms with Crippen molar-refractivity contribution < 1.29 is 23.4 Å². The topological polar surface area (TPSA) is 73.8 Å². The summed E-state index contributed by atoms with van der Waals surface area (Å²) in [6.07, 6.45) is 1.30. The quantitative estimate of drug-likeness (QED) is 0.655. The van der Waals surface area contributed by atoms with Gasteiger partial charge in [-0.25, -0.2) is 0 Å². The van der Waals surface area contributed by atoms with E-state index in [1.165, 1.54) is 30.5 Å². The van der Waals surface area contributed by atoms with Crippen LogP contribution in [0.3, 0.4) is 0 Å². The summed E-state index contributed by atoms with van der Waals surface area (Å²) in [4.78, 5) is 10.7. The molecule has 0 spiro atoms. The van der Waals surface area contributed by atoms with Crippen molar-refractivity contribution in [2.75, 3.05) is 5.43 Å². The highest BCUT2D eigenvalue weighted by Gasteiger charge is 2.07. The Morgan fingerprint density at radius 2 is 2.00 bits per heavy atom. The molecule has 0 unspecified atom stereocenters. The number of hydrogen-bond acceptors (Lipinski definition) is 5. The highest BCUT2D eigenvalue weighted by atomic mass is 19.3. The fraction of sp³-hybridized carbons (Fsp3) is 0.0667. The molecular weight excluding hydrogens is 294 g/mol. The van der Waals surface area contributed by atoms with Crippen molar-refractivity contribution in [3.63, 3.8) is 0 Å². The fourth-order valence-electron chi connectivity index (χ4n) is 1.68. The van der Waals surface area contributed by atoms with Crippen LogP contribution >= 0.6 is 0 Å². The minimum atomic E-state index is -2.93. The van der Waals surface area contributed by atoms with Crippen molar-refractivity contribution in [1.82, 2.24) is 0 Å². The number of carbonyl (C=O) groups is 1. The van der Waals surface area contributed by atoms with Crippen LogP contribution in [0.4, 0.5) is 14.5 Å². The number of para-hydroxylation sites is 1. The molecule has 0 aliphatic heterocycles. The zero-order valence-electron chi connectivity index (χ0n) is 11.2. The Bertz CT molecular complexity index is 690. The minimum absolute atomic E-state index is 0.00151. The Labute approximate surface area is 124 Å². The Morgan fingerprint density at radius 1 is 1.23 bits per heavy atom. The molecule has 114 valence electrons. The standard InChI is InChI=1S/C15H12F2N2O3/c16-15(17)22-13-7-2-1-4-11(13)9-18-19-12-6-3-5-10(8-12)14(20)21/h1-9,15,19H,(H,20,21)/p-1/b18-9-. The lowest BCUT2D eigenvalue weighted by molar-refractivity contribution is -0.255. The molecule has 0 fully saturated rings. The van der Waals surface area contributed by atoms with Gasteiger partial charge in [-0.05, 0) is 29.8 Å². The van der Waals surface area contributed by atoms with Gasteiger partial charge in [0.25, 0.3) is 0 Å². The summed E-state index contributed by atoms with van der Waals surface area (Å²) in [6, 6.07) is 12.0. The van der Waals surface area contributed by atoms with Gasteiger partial charge in [0.15, 0.2) is 0 Å². The molecule has 0 aliphatic rings. The first kappa shape index (κ1) is 15.4. The average molecular weight is 305 g/mol. The number of ether oxygens (including phenoxy) is 1. The van der Waals surface area contributed by atoms with Gasteiger partial charge in [0, 0.05) is 5.56 Å². The molecule has 0 saturated carbocycles. The molecule has 2 aromatic rings. The summed E-state index contributed by atoms with van der Waals surface area (Å²) < 4.78 is 28.9. The van der Waals surface area contributed by atoms with E-state index in [1.54, 1.807) is 24.3 Å². The van der Waals surface area contributed by atoms with E-state index >= 15 is 0 Å². The number of nitrogens with one attached hydrogen (secondary N) is 1. The number of rotatable bonds is 6. The number of aromatic carboxylic acids is 1. The predicted octanol–water partition coefficient (Wildman–Crippen LogP) is 2.10. The second-order valence-corrected chi connectivity index (χ2v) is 4.15. The molecule has 0 heterocycles. The first-order valence-electron chi connectivity index (χ1n) is 6.20. The monoisotopic (exact) mass is 305 g/mol. The predicted molar refractivity (Wildman–Crippen MR) is 75.1 cm³/mol. The van der Waals surface area contributed by atoms with E-state index < -0.39 is 12.6 Å². The summed E-state index contributed by atoms with van der Waals surface area (Å²) in [7, 11) is 0. The Morgan fingerprint density at radius 3 is 2.73 bits per heavy atom. The molecule has 0 atom stereocenters. The van der Waals surface area contributed by atoms with Crippen LogP contribution in [0.2, 0.25) is 0 Å². The number of anilines is 1. The maximum absolute atomic E-state index is 12.3. The number of carboxylic acids is 1. The van der Waals surface area contributed by atoms with E-state index in [0.29, 0.717) is 11.3 Å². The molecule has 0 aromatic heterocycles. The third kappa shape index (κ3) is 4.27. The molecule has 0 amide bonds. The molecule has 5 nitrogen and oxygen atoms in total. The zero-order valence-corrected chi connectivity index (χ0v) is 11.2. The minimum Gasteiger partial charge on any atom is -0.545 e. The fourth-order valence-corrected chi connectivity index (χ4v) is 1.68. The van der Waals surface area contributed by atoms with Gasteiger partial charge in [-0.2, -0.15) is 13.9 Å². The Balaban J connectivity index is 2.10. The molecule has 0 saturated heterocycles. The van der Waals surface area contributed by atoms with Crippen LogP contribution in [-0.2, 0) is 0 Å². The average Bonchev–Trinajstić information content (AvgIpc) is 2.49. The van der Waals surface area contributed by atoms with Crippen LogP contribution < -0.4 is 15.3 Å². The van der Waals surface area contributed by atoms with Crippen molar-refractivity contribution in [1.29, 1.82) is 0 Å². The Kier molecular flexibility index (Phi) is 5.02. The summed E-state index contributed by atoms with van der Waals surface area (Å²) in [6.45, 7) is -2.93. The van der Waals surface area contributed by atoms with Crippen LogP contribution in [0.15, 0.2) is 53.6 Å². The van der Waals surface area contributed by atoms with E-state index in [2.05, 4.69) is 15.3 Å². The number of hydrazone groups is 1. The maximum atomic E-state index is 12.3. The highest BCUT2D eigenvalue weighted by molar-refractivity contribution is 5.87. The van der Waals surface area contributed by atoms with Crippen molar-refractivity contribution in [2.24, 2.45) is 5.10 Å². The van der Waals surface area contributed by atoms with Crippen LogP contribution in [0.25, 0.3) is 0 Å². The van der Waals surface area contributed by atoms with Gasteiger partial charge in [0.05, 0.1) is 17.9 Å². The van der Waals surface area contributed by atoms with Crippen LogP contribution in [0.1, 0.15) is 15.9 Å². The first-order chi connectivity index (χ1) is 10.6. The number of hydrogen-bond donors (Lipinski definition) is 1. The van der Waals surface area contributed by atoms with Crippen molar-refractivity contribution in [2.45, 2.75) is 6.61 Å². The molecule has 7 heteroatoms. The van der Waals surface area contributed by atoms with Gasteiger partial charge in [-0.1, -0.05) is 24.3 Å². The number of nitrogens with zero attached hydrogens (tertiary/aromatic N) is 1. The Hall–Kier alpha value is -2.96. The number of benzene rings is 2. The lowest BCUT2D eigenvalue weighted by Crippen LogP contribution is -2.22. The largest absolute Gasteiger partial charge is 0.545 e.